The summed E-state index contributed by atoms with van der Waals surface area (Å²) in [4.78, 5) is 0.216. The number of ether oxygens (including phenoxy) is 1. The third-order valence-corrected chi connectivity index (χ3v) is 4.85. The van der Waals surface area contributed by atoms with Crippen molar-refractivity contribution in [3.05, 3.63) is 29.8 Å². The maximum atomic E-state index is 11.9. The Morgan fingerprint density at radius 2 is 1.67 bits per heavy atom. The topological polar surface area (TPSA) is 52.6 Å². The van der Waals surface area contributed by atoms with Crippen molar-refractivity contribution in [3.63, 3.8) is 0 Å². The normalized spacial score (nSPS) is 12.6. The highest BCUT2D eigenvalue weighted by molar-refractivity contribution is 7.86. The van der Waals surface area contributed by atoms with Crippen molar-refractivity contribution in [2.24, 2.45) is 0 Å². The first kappa shape index (κ1) is 18.1. The first-order chi connectivity index (χ1) is 9.77. The van der Waals surface area contributed by atoms with E-state index < -0.39 is 10.1 Å². The van der Waals surface area contributed by atoms with Gasteiger partial charge in [-0.05, 0) is 45.7 Å². The van der Waals surface area contributed by atoms with Gasteiger partial charge in [0.1, 0.15) is 0 Å². The number of hydrogen-bond acceptors (Lipinski definition) is 4. The minimum Gasteiger partial charge on any atom is -0.379 e. The molecule has 0 spiro atoms. The van der Waals surface area contributed by atoms with E-state index >= 15 is 0 Å². The van der Waals surface area contributed by atoms with Crippen LogP contribution in [0.3, 0.4) is 0 Å². The zero-order valence-electron chi connectivity index (χ0n) is 13.4. The molecule has 0 fully saturated rings. The Labute approximate surface area is 128 Å². The Morgan fingerprint density at radius 3 is 2.24 bits per heavy atom. The van der Waals surface area contributed by atoms with Gasteiger partial charge in [0, 0.05) is 7.11 Å². The summed E-state index contributed by atoms with van der Waals surface area (Å²) in [7, 11) is -1.92. The average Bonchev–Trinajstić information content (AvgIpc) is 2.43. The summed E-state index contributed by atoms with van der Waals surface area (Å²) in [6.07, 6.45) is 3.60. The van der Waals surface area contributed by atoms with Crippen molar-refractivity contribution in [2.45, 2.75) is 57.0 Å². The summed E-state index contributed by atoms with van der Waals surface area (Å²) >= 11 is 0. The van der Waals surface area contributed by atoms with Gasteiger partial charge >= 0.3 is 0 Å². The number of unbranched alkanes of at least 4 members (excludes halogenated alkanes) is 2. The maximum Gasteiger partial charge on any atom is 0.296 e. The lowest BCUT2D eigenvalue weighted by Gasteiger charge is -2.22. The molecule has 0 N–H and O–H groups in total. The second-order valence-electron chi connectivity index (χ2n) is 5.86. The number of methoxy groups -OCH3 is 1. The van der Waals surface area contributed by atoms with Crippen molar-refractivity contribution in [1.29, 1.82) is 0 Å². The number of hydrogen-bond donors (Lipinski definition) is 0. The van der Waals surface area contributed by atoms with Gasteiger partial charge in [-0.3, -0.25) is 4.18 Å². The fraction of sp³-hybridized carbons (Fsp3) is 0.625. The minimum atomic E-state index is -3.62. The van der Waals surface area contributed by atoms with Crippen LogP contribution in [0, 0.1) is 6.92 Å². The van der Waals surface area contributed by atoms with Crippen LogP contribution >= 0.6 is 0 Å². The second-order valence-corrected chi connectivity index (χ2v) is 7.48. The molecular formula is C16H26O4S. The van der Waals surface area contributed by atoms with Crippen LogP contribution in [0.4, 0.5) is 0 Å². The molecule has 0 unspecified atom stereocenters. The van der Waals surface area contributed by atoms with Crippen LogP contribution in [0.5, 0.6) is 0 Å². The molecule has 0 aromatic heterocycles. The van der Waals surface area contributed by atoms with Gasteiger partial charge in [-0.25, -0.2) is 0 Å². The van der Waals surface area contributed by atoms with Crippen LogP contribution in [0.15, 0.2) is 29.2 Å². The molecule has 0 bridgehead atoms. The lowest BCUT2D eigenvalue weighted by molar-refractivity contribution is 0.0132. The standard InChI is InChI=1S/C16H26O4S/c1-14-8-10-15(11-9-14)21(17,18)20-13-7-5-6-12-16(2,3)19-4/h8-11H,5-7,12-13H2,1-4H3. The number of rotatable bonds is 9. The second kappa shape index (κ2) is 7.92. The van der Waals surface area contributed by atoms with Gasteiger partial charge in [-0.15, -0.1) is 0 Å². The number of benzene rings is 1. The van der Waals surface area contributed by atoms with Gasteiger partial charge in [0.25, 0.3) is 10.1 Å². The van der Waals surface area contributed by atoms with Gasteiger partial charge in [-0.1, -0.05) is 30.5 Å². The molecule has 21 heavy (non-hydrogen) atoms. The van der Waals surface area contributed by atoms with Gasteiger partial charge in [0.15, 0.2) is 0 Å². The third kappa shape index (κ3) is 6.59. The summed E-state index contributed by atoms with van der Waals surface area (Å²) in [6.45, 7) is 6.24. The van der Waals surface area contributed by atoms with Crippen LogP contribution in [-0.2, 0) is 19.0 Å². The van der Waals surface area contributed by atoms with E-state index in [4.69, 9.17) is 8.92 Å². The highest BCUT2D eigenvalue weighted by Gasteiger charge is 2.16. The summed E-state index contributed by atoms with van der Waals surface area (Å²) in [6, 6.07) is 6.68. The Kier molecular flexibility index (Phi) is 6.84. The van der Waals surface area contributed by atoms with E-state index in [-0.39, 0.29) is 17.1 Å². The summed E-state index contributed by atoms with van der Waals surface area (Å²) < 4.78 is 34.3. The monoisotopic (exact) mass is 314 g/mol. The lowest BCUT2D eigenvalue weighted by atomic mass is 10.0. The highest BCUT2D eigenvalue weighted by atomic mass is 32.2. The fourth-order valence-electron chi connectivity index (χ4n) is 1.87. The third-order valence-electron chi connectivity index (χ3n) is 3.52. The molecule has 1 aromatic rings. The Bertz CT molecular complexity index is 518. The van der Waals surface area contributed by atoms with E-state index in [2.05, 4.69) is 0 Å². The van der Waals surface area contributed by atoms with E-state index in [1.807, 2.05) is 20.8 Å². The van der Waals surface area contributed by atoms with Crippen LogP contribution in [-0.4, -0.2) is 27.7 Å². The minimum absolute atomic E-state index is 0.116. The fourth-order valence-corrected chi connectivity index (χ4v) is 2.82. The van der Waals surface area contributed by atoms with Crippen molar-refractivity contribution >= 4 is 10.1 Å². The van der Waals surface area contributed by atoms with Gasteiger partial charge < -0.3 is 4.74 Å². The SMILES string of the molecule is COC(C)(C)CCCCCOS(=O)(=O)c1ccc(C)cc1. The smallest absolute Gasteiger partial charge is 0.296 e. The predicted octanol–water partition coefficient (Wildman–Crippen LogP) is 3.69. The van der Waals surface area contributed by atoms with Crippen molar-refractivity contribution < 1.29 is 17.3 Å². The molecule has 0 saturated carbocycles. The Balaban J connectivity index is 2.30. The van der Waals surface area contributed by atoms with E-state index in [9.17, 15) is 8.42 Å². The predicted molar refractivity (Wildman–Crippen MR) is 83.9 cm³/mol. The van der Waals surface area contributed by atoms with Gasteiger partial charge in [-0.2, -0.15) is 8.42 Å². The lowest BCUT2D eigenvalue weighted by Crippen LogP contribution is -2.21. The van der Waals surface area contributed by atoms with Crippen molar-refractivity contribution in [2.75, 3.05) is 13.7 Å². The summed E-state index contributed by atoms with van der Waals surface area (Å²) in [5, 5.41) is 0. The Hall–Kier alpha value is -0.910. The Morgan fingerprint density at radius 1 is 1.05 bits per heavy atom. The van der Waals surface area contributed by atoms with E-state index in [0.717, 1.165) is 31.2 Å². The van der Waals surface area contributed by atoms with Gasteiger partial charge in [0.2, 0.25) is 0 Å². The first-order valence-corrected chi connectivity index (χ1v) is 8.69. The molecule has 0 atom stereocenters. The number of aryl methyl sites for hydroxylation is 1. The molecule has 1 aromatic carbocycles. The van der Waals surface area contributed by atoms with Crippen LogP contribution in [0.25, 0.3) is 0 Å². The molecule has 120 valence electrons. The molecule has 0 radical (unpaired) electrons. The first-order valence-electron chi connectivity index (χ1n) is 7.28. The molecule has 4 nitrogen and oxygen atoms in total. The maximum absolute atomic E-state index is 11.9. The zero-order chi connectivity index (χ0) is 15.9. The largest absolute Gasteiger partial charge is 0.379 e. The van der Waals surface area contributed by atoms with Crippen molar-refractivity contribution in [3.8, 4) is 0 Å². The molecule has 0 aliphatic heterocycles. The summed E-state index contributed by atoms with van der Waals surface area (Å²) in [5.41, 5.74) is 0.907. The quantitative estimate of drug-likeness (QED) is 0.515. The van der Waals surface area contributed by atoms with Gasteiger partial charge in [0.05, 0.1) is 17.1 Å². The molecule has 0 heterocycles. The molecule has 0 aliphatic rings. The van der Waals surface area contributed by atoms with Crippen molar-refractivity contribution in [1.82, 2.24) is 0 Å². The van der Waals surface area contributed by atoms with Crippen LogP contribution < -0.4 is 0 Å². The molecule has 0 aliphatic carbocycles. The van der Waals surface area contributed by atoms with E-state index in [1.54, 1.807) is 31.4 Å². The molecule has 0 amide bonds. The van der Waals surface area contributed by atoms with Crippen LogP contribution in [0.1, 0.15) is 45.1 Å². The highest BCUT2D eigenvalue weighted by Crippen LogP contribution is 2.18. The van der Waals surface area contributed by atoms with E-state index in [0.29, 0.717) is 0 Å². The average molecular weight is 314 g/mol. The van der Waals surface area contributed by atoms with Crippen LogP contribution in [0.2, 0.25) is 0 Å². The summed E-state index contributed by atoms with van der Waals surface area (Å²) in [5.74, 6) is 0. The molecule has 1 rings (SSSR count). The molecule has 0 saturated heterocycles. The van der Waals surface area contributed by atoms with E-state index in [1.165, 1.54) is 0 Å². The zero-order valence-corrected chi connectivity index (χ0v) is 14.2. The molecule has 5 heteroatoms. The molecular weight excluding hydrogens is 288 g/mol.